The van der Waals surface area contributed by atoms with Crippen molar-refractivity contribution in [2.45, 2.75) is 6.42 Å². The molecule has 86 valence electrons. The fraction of sp³-hybridized carbons (Fsp3) is 0.417. The quantitative estimate of drug-likeness (QED) is 0.830. The number of aliphatic imine (C=N–C) groups is 1. The Labute approximate surface area is 95.3 Å². The highest BCUT2D eigenvalue weighted by atomic mass is 16.5. The van der Waals surface area contributed by atoms with Crippen LogP contribution in [0.25, 0.3) is 0 Å². The summed E-state index contributed by atoms with van der Waals surface area (Å²) in [4.78, 5) is 4.37. The van der Waals surface area contributed by atoms with Gasteiger partial charge in [0, 0.05) is 18.5 Å². The van der Waals surface area contributed by atoms with Crippen molar-refractivity contribution < 1.29 is 9.47 Å². The van der Waals surface area contributed by atoms with E-state index in [4.69, 9.17) is 9.47 Å². The number of nitrogens with zero attached hydrogens (tertiary/aromatic N) is 1. The van der Waals surface area contributed by atoms with Gasteiger partial charge in [-0.2, -0.15) is 0 Å². The zero-order valence-corrected chi connectivity index (χ0v) is 9.62. The summed E-state index contributed by atoms with van der Waals surface area (Å²) in [6.07, 6.45) is 0.764. The SMILES string of the molecule is COc1ccc(OC)c(CC2=NCCN2)c1. The van der Waals surface area contributed by atoms with E-state index in [1.165, 1.54) is 0 Å². The van der Waals surface area contributed by atoms with Crippen LogP contribution in [-0.2, 0) is 6.42 Å². The Kier molecular flexibility index (Phi) is 3.29. The molecule has 0 radical (unpaired) electrons. The number of amidine groups is 1. The van der Waals surface area contributed by atoms with Crippen LogP contribution in [0.3, 0.4) is 0 Å². The number of nitrogens with one attached hydrogen (secondary N) is 1. The van der Waals surface area contributed by atoms with Gasteiger partial charge in [-0.1, -0.05) is 0 Å². The Hall–Kier alpha value is -1.71. The van der Waals surface area contributed by atoms with Crippen LogP contribution < -0.4 is 14.8 Å². The average Bonchev–Trinajstić information content (AvgIpc) is 2.82. The van der Waals surface area contributed by atoms with Crippen molar-refractivity contribution >= 4 is 5.84 Å². The third-order valence-electron chi connectivity index (χ3n) is 2.59. The van der Waals surface area contributed by atoms with Crippen molar-refractivity contribution in [3.05, 3.63) is 23.8 Å². The van der Waals surface area contributed by atoms with Crippen LogP contribution in [0.5, 0.6) is 11.5 Å². The van der Waals surface area contributed by atoms with E-state index in [2.05, 4.69) is 10.3 Å². The molecule has 1 aromatic rings. The van der Waals surface area contributed by atoms with Gasteiger partial charge in [0.25, 0.3) is 0 Å². The summed E-state index contributed by atoms with van der Waals surface area (Å²) in [6.45, 7) is 1.79. The van der Waals surface area contributed by atoms with Gasteiger partial charge in [-0.25, -0.2) is 0 Å². The number of ether oxygens (including phenoxy) is 2. The van der Waals surface area contributed by atoms with Crippen molar-refractivity contribution in [2.24, 2.45) is 4.99 Å². The third kappa shape index (κ3) is 2.27. The molecule has 4 nitrogen and oxygen atoms in total. The smallest absolute Gasteiger partial charge is 0.122 e. The summed E-state index contributed by atoms with van der Waals surface area (Å²) in [5, 5.41) is 3.25. The zero-order chi connectivity index (χ0) is 11.4. The van der Waals surface area contributed by atoms with E-state index in [-0.39, 0.29) is 0 Å². The van der Waals surface area contributed by atoms with Gasteiger partial charge in [0.05, 0.1) is 20.8 Å². The molecule has 0 bridgehead atoms. The maximum Gasteiger partial charge on any atom is 0.122 e. The molecule has 0 fully saturated rings. The highest BCUT2D eigenvalue weighted by molar-refractivity contribution is 5.86. The highest BCUT2D eigenvalue weighted by Gasteiger charge is 2.10. The molecule has 1 aliphatic heterocycles. The number of benzene rings is 1. The Balaban J connectivity index is 2.22. The molecule has 0 aliphatic carbocycles. The van der Waals surface area contributed by atoms with E-state index >= 15 is 0 Å². The van der Waals surface area contributed by atoms with E-state index in [1.807, 2.05) is 18.2 Å². The second kappa shape index (κ2) is 4.88. The molecule has 0 atom stereocenters. The fourth-order valence-corrected chi connectivity index (χ4v) is 1.77. The van der Waals surface area contributed by atoms with Crippen LogP contribution >= 0.6 is 0 Å². The lowest BCUT2D eigenvalue weighted by Crippen LogP contribution is -2.20. The summed E-state index contributed by atoms with van der Waals surface area (Å²) in [5.41, 5.74) is 1.09. The van der Waals surface area contributed by atoms with Gasteiger partial charge in [0.1, 0.15) is 17.3 Å². The van der Waals surface area contributed by atoms with Crippen LogP contribution in [0.4, 0.5) is 0 Å². The summed E-state index contributed by atoms with van der Waals surface area (Å²) in [7, 11) is 3.34. The first-order valence-electron chi connectivity index (χ1n) is 5.31. The second-order valence-electron chi connectivity index (χ2n) is 3.61. The lowest BCUT2D eigenvalue weighted by molar-refractivity contribution is 0.400. The van der Waals surface area contributed by atoms with Crippen molar-refractivity contribution in [1.29, 1.82) is 0 Å². The van der Waals surface area contributed by atoms with Crippen molar-refractivity contribution in [1.82, 2.24) is 5.32 Å². The normalized spacial score (nSPS) is 14.2. The minimum atomic E-state index is 0.764. The van der Waals surface area contributed by atoms with Gasteiger partial charge in [0.15, 0.2) is 0 Å². The highest BCUT2D eigenvalue weighted by Crippen LogP contribution is 2.24. The van der Waals surface area contributed by atoms with E-state index in [9.17, 15) is 0 Å². The predicted octanol–water partition coefficient (Wildman–Crippen LogP) is 1.25. The second-order valence-corrected chi connectivity index (χ2v) is 3.61. The molecular formula is C12H16N2O2. The number of hydrogen-bond acceptors (Lipinski definition) is 4. The van der Waals surface area contributed by atoms with Crippen LogP contribution in [0, 0.1) is 0 Å². The summed E-state index contributed by atoms with van der Waals surface area (Å²) in [6, 6.07) is 5.80. The number of methoxy groups -OCH3 is 2. The van der Waals surface area contributed by atoms with E-state index in [0.717, 1.165) is 42.4 Å². The lowest BCUT2D eigenvalue weighted by Gasteiger charge is -2.10. The van der Waals surface area contributed by atoms with Crippen LogP contribution in [-0.4, -0.2) is 33.1 Å². The first kappa shape index (κ1) is 10.8. The molecule has 16 heavy (non-hydrogen) atoms. The summed E-state index contributed by atoms with van der Waals surface area (Å²) >= 11 is 0. The van der Waals surface area contributed by atoms with Gasteiger partial charge in [0.2, 0.25) is 0 Å². The first-order chi connectivity index (χ1) is 7.83. The molecule has 1 N–H and O–H groups in total. The van der Waals surface area contributed by atoms with Crippen molar-refractivity contribution in [2.75, 3.05) is 27.3 Å². The first-order valence-corrected chi connectivity index (χ1v) is 5.31. The third-order valence-corrected chi connectivity index (χ3v) is 2.59. The molecule has 0 saturated carbocycles. The zero-order valence-electron chi connectivity index (χ0n) is 9.62. The van der Waals surface area contributed by atoms with Gasteiger partial charge >= 0.3 is 0 Å². The minimum Gasteiger partial charge on any atom is -0.497 e. The Morgan fingerprint density at radius 2 is 2.19 bits per heavy atom. The topological polar surface area (TPSA) is 42.9 Å². The predicted molar refractivity (Wildman–Crippen MR) is 63.6 cm³/mol. The van der Waals surface area contributed by atoms with Gasteiger partial charge in [-0.3, -0.25) is 4.99 Å². The summed E-state index contributed by atoms with van der Waals surface area (Å²) < 4.78 is 10.5. The Morgan fingerprint density at radius 1 is 1.31 bits per heavy atom. The van der Waals surface area contributed by atoms with Crippen LogP contribution in [0.15, 0.2) is 23.2 Å². The van der Waals surface area contributed by atoms with Crippen LogP contribution in [0.1, 0.15) is 5.56 Å². The van der Waals surface area contributed by atoms with Crippen molar-refractivity contribution in [3.8, 4) is 11.5 Å². The molecule has 2 rings (SSSR count). The van der Waals surface area contributed by atoms with Gasteiger partial charge in [-0.05, 0) is 18.2 Å². The van der Waals surface area contributed by atoms with E-state index in [0.29, 0.717) is 0 Å². The minimum absolute atomic E-state index is 0.764. The lowest BCUT2D eigenvalue weighted by atomic mass is 10.1. The molecule has 1 heterocycles. The number of rotatable bonds is 4. The maximum absolute atomic E-state index is 5.32. The largest absolute Gasteiger partial charge is 0.497 e. The van der Waals surface area contributed by atoms with E-state index < -0.39 is 0 Å². The van der Waals surface area contributed by atoms with Gasteiger partial charge < -0.3 is 14.8 Å². The maximum atomic E-state index is 5.32. The number of hydrogen-bond donors (Lipinski definition) is 1. The molecule has 1 aliphatic rings. The Bertz CT molecular complexity index is 402. The average molecular weight is 220 g/mol. The molecular weight excluding hydrogens is 204 g/mol. The van der Waals surface area contributed by atoms with Gasteiger partial charge in [-0.15, -0.1) is 0 Å². The standard InChI is InChI=1S/C12H16N2O2/c1-15-10-3-4-11(16-2)9(7-10)8-12-13-5-6-14-12/h3-4,7H,5-6,8H2,1-2H3,(H,13,14). The molecule has 0 saturated heterocycles. The molecule has 0 spiro atoms. The molecule has 1 aromatic carbocycles. The van der Waals surface area contributed by atoms with Crippen molar-refractivity contribution in [3.63, 3.8) is 0 Å². The summed E-state index contributed by atoms with van der Waals surface area (Å²) in [5.74, 6) is 2.73. The molecule has 0 unspecified atom stereocenters. The monoisotopic (exact) mass is 220 g/mol. The molecule has 4 heteroatoms. The molecule has 0 amide bonds. The fourth-order valence-electron chi connectivity index (χ4n) is 1.77. The molecule has 0 aromatic heterocycles. The Morgan fingerprint density at radius 3 is 2.81 bits per heavy atom. The van der Waals surface area contributed by atoms with Crippen LogP contribution in [0.2, 0.25) is 0 Å². The van der Waals surface area contributed by atoms with E-state index in [1.54, 1.807) is 14.2 Å².